The molecule has 1 N–H and O–H groups in total. The number of hydrogen-bond donors (Lipinski definition) is 1. The Labute approximate surface area is 201 Å². The first-order chi connectivity index (χ1) is 16.8. The van der Waals surface area contributed by atoms with Crippen LogP contribution in [0.5, 0.6) is 0 Å². The lowest BCUT2D eigenvalue weighted by Crippen LogP contribution is -2.47. The number of carbonyl (C=O) groups is 2. The molecule has 0 spiro atoms. The van der Waals surface area contributed by atoms with Gasteiger partial charge in [0.25, 0.3) is 17.7 Å². The summed E-state index contributed by atoms with van der Waals surface area (Å²) in [6, 6.07) is 13.8. The van der Waals surface area contributed by atoms with Crippen molar-refractivity contribution in [2.24, 2.45) is 5.92 Å². The number of rotatable bonds is 5. The largest absolute Gasteiger partial charge is 0.319 e. The predicted octanol–water partition coefficient (Wildman–Crippen LogP) is 4.95. The minimum atomic E-state index is -2.88. The Bertz CT molecular complexity index is 1340. The maximum Gasteiger partial charge on any atom is 0.279 e. The number of hydrogen-bond acceptors (Lipinski definition) is 4. The second-order valence-electron chi connectivity index (χ2n) is 9.06. The molecule has 1 unspecified atom stereocenters. The number of anilines is 2. The second kappa shape index (κ2) is 8.62. The third-order valence-electron chi connectivity index (χ3n) is 6.79. The van der Waals surface area contributed by atoms with Crippen LogP contribution >= 0.6 is 0 Å². The monoisotopic (exact) mass is 475 g/mol. The van der Waals surface area contributed by atoms with Crippen molar-refractivity contribution in [2.75, 3.05) is 10.2 Å². The summed E-state index contributed by atoms with van der Waals surface area (Å²) in [5.41, 5.74) is 1.53. The van der Waals surface area contributed by atoms with Gasteiger partial charge in [-0.15, -0.1) is 0 Å². The minimum Gasteiger partial charge on any atom is -0.319 e. The molecule has 1 aromatic heterocycles. The molecule has 2 aromatic carbocycles. The first-order valence-corrected chi connectivity index (χ1v) is 11.5. The Hall–Kier alpha value is -4.06. The fraction of sp³-hybridized carbons (Fsp3) is 0.308. The molecular formula is C26H23F2N5O2. The molecule has 0 saturated heterocycles. The van der Waals surface area contributed by atoms with Crippen LogP contribution in [0.25, 0.3) is 0 Å². The Kier molecular flexibility index (Phi) is 5.59. The molecule has 1 aliphatic heterocycles. The maximum absolute atomic E-state index is 14.7. The van der Waals surface area contributed by atoms with Crippen LogP contribution in [0.3, 0.4) is 0 Å². The number of carbonyl (C=O) groups excluding carboxylic acids is 2. The number of halogens is 2. The zero-order valence-electron chi connectivity index (χ0n) is 19.0. The molecule has 9 heteroatoms. The fourth-order valence-electron chi connectivity index (χ4n) is 4.63. The zero-order valence-corrected chi connectivity index (χ0v) is 19.0. The number of aromatic nitrogens is 2. The molecular weight excluding hydrogens is 452 g/mol. The number of nitrogens with one attached hydrogen (secondary N) is 1. The molecule has 1 saturated carbocycles. The van der Waals surface area contributed by atoms with Gasteiger partial charge in [0, 0.05) is 22.7 Å². The average molecular weight is 475 g/mol. The number of amides is 2. The molecule has 0 bridgehead atoms. The Morgan fingerprint density at radius 3 is 2.60 bits per heavy atom. The van der Waals surface area contributed by atoms with Gasteiger partial charge in [-0.3, -0.25) is 14.3 Å². The van der Waals surface area contributed by atoms with Crippen molar-refractivity contribution in [3.8, 4) is 6.07 Å². The van der Waals surface area contributed by atoms with Gasteiger partial charge in [0.15, 0.2) is 0 Å². The van der Waals surface area contributed by atoms with Gasteiger partial charge in [-0.1, -0.05) is 24.6 Å². The third-order valence-corrected chi connectivity index (χ3v) is 6.79. The van der Waals surface area contributed by atoms with Crippen molar-refractivity contribution < 1.29 is 18.4 Å². The normalized spacial score (nSPS) is 17.9. The number of benzene rings is 2. The van der Waals surface area contributed by atoms with E-state index >= 15 is 0 Å². The van der Waals surface area contributed by atoms with Gasteiger partial charge >= 0.3 is 0 Å². The molecule has 1 fully saturated rings. The standard InChI is InChI=1S/C26H23F2N5O2/c1-16-15-32-23(22(14-30-32)31-24(34)18-5-2-4-17(12-18)13-29)25(35)33(16)21-10-8-20(9-11-21)26(27,28)19-6-3-7-19/h2,4-5,8-12,14,16,19H,3,6-7,15H2,1H3,(H,31,34). The van der Waals surface area contributed by atoms with Crippen LogP contribution in [-0.4, -0.2) is 27.6 Å². The molecule has 7 nitrogen and oxygen atoms in total. The molecule has 2 heterocycles. The van der Waals surface area contributed by atoms with E-state index in [2.05, 4.69) is 10.4 Å². The van der Waals surface area contributed by atoms with E-state index in [1.165, 1.54) is 34.0 Å². The van der Waals surface area contributed by atoms with Crippen molar-refractivity contribution in [1.82, 2.24) is 9.78 Å². The van der Waals surface area contributed by atoms with Crippen LogP contribution in [-0.2, 0) is 12.5 Å². The molecule has 5 rings (SSSR count). The van der Waals surface area contributed by atoms with Crippen LogP contribution in [0.1, 0.15) is 58.2 Å². The predicted molar refractivity (Wildman–Crippen MR) is 125 cm³/mol. The number of nitriles is 1. The topological polar surface area (TPSA) is 91.0 Å². The minimum absolute atomic E-state index is 0.0411. The highest BCUT2D eigenvalue weighted by Crippen LogP contribution is 2.46. The van der Waals surface area contributed by atoms with Gasteiger partial charge in [-0.05, 0) is 50.1 Å². The number of alkyl halides is 2. The van der Waals surface area contributed by atoms with E-state index in [0.29, 0.717) is 30.6 Å². The van der Waals surface area contributed by atoms with E-state index in [1.54, 1.807) is 30.3 Å². The Morgan fingerprint density at radius 2 is 1.94 bits per heavy atom. The van der Waals surface area contributed by atoms with Crippen molar-refractivity contribution in [2.45, 2.75) is 44.7 Å². The summed E-state index contributed by atoms with van der Waals surface area (Å²) in [4.78, 5) is 27.8. The third kappa shape index (κ3) is 3.95. The van der Waals surface area contributed by atoms with E-state index in [1.807, 2.05) is 13.0 Å². The van der Waals surface area contributed by atoms with E-state index in [-0.39, 0.29) is 34.5 Å². The van der Waals surface area contributed by atoms with Gasteiger partial charge in [-0.25, -0.2) is 8.78 Å². The van der Waals surface area contributed by atoms with E-state index in [9.17, 15) is 18.4 Å². The summed E-state index contributed by atoms with van der Waals surface area (Å²) in [6.45, 7) is 2.23. The molecule has 3 aromatic rings. The van der Waals surface area contributed by atoms with Crippen LogP contribution in [0, 0.1) is 17.2 Å². The molecule has 1 atom stereocenters. The SMILES string of the molecule is CC1Cn2ncc(NC(=O)c3cccc(C#N)c3)c2C(=O)N1c1ccc(C(F)(F)C2CCC2)cc1. The van der Waals surface area contributed by atoms with Crippen LogP contribution in [0.15, 0.2) is 54.7 Å². The highest BCUT2D eigenvalue weighted by molar-refractivity contribution is 6.13. The summed E-state index contributed by atoms with van der Waals surface area (Å²) in [5, 5.41) is 16.0. The van der Waals surface area contributed by atoms with Crippen LogP contribution < -0.4 is 10.2 Å². The molecule has 2 aliphatic rings. The summed E-state index contributed by atoms with van der Waals surface area (Å²) in [5.74, 6) is -4.37. The molecule has 35 heavy (non-hydrogen) atoms. The maximum atomic E-state index is 14.7. The van der Waals surface area contributed by atoms with Gasteiger partial charge in [0.05, 0.1) is 36.1 Å². The average Bonchev–Trinajstić information content (AvgIpc) is 3.20. The summed E-state index contributed by atoms with van der Waals surface area (Å²) >= 11 is 0. The smallest absolute Gasteiger partial charge is 0.279 e. The lowest BCUT2D eigenvalue weighted by Gasteiger charge is -2.35. The second-order valence-corrected chi connectivity index (χ2v) is 9.06. The lowest BCUT2D eigenvalue weighted by molar-refractivity contribution is -0.0942. The first-order valence-electron chi connectivity index (χ1n) is 11.5. The van der Waals surface area contributed by atoms with Gasteiger partial charge in [0.2, 0.25) is 0 Å². The quantitative estimate of drug-likeness (QED) is 0.565. The van der Waals surface area contributed by atoms with E-state index < -0.39 is 17.7 Å². The van der Waals surface area contributed by atoms with Gasteiger partial charge in [-0.2, -0.15) is 10.4 Å². The summed E-state index contributed by atoms with van der Waals surface area (Å²) < 4.78 is 30.9. The molecule has 178 valence electrons. The van der Waals surface area contributed by atoms with Crippen molar-refractivity contribution in [3.63, 3.8) is 0 Å². The van der Waals surface area contributed by atoms with Crippen LogP contribution in [0.4, 0.5) is 20.2 Å². The van der Waals surface area contributed by atoms with E-state index in [0.717, 1.165) is 6.42 Å². The molecule has 1 aliphatic carbocycles. The van der Waals surface area contributed by atoms with Gasteiger partial charge in [0.1, 0.15) is 5.69 Å². The molecule has 0 radical (unpaired) electrons. The van der Waals surface area contributed by atoms with Crippen molar-refractivity contribution >= 4 is 23.2 Å². The number of nitrogens with zero attached hydrogens (tertiary/aromatic N) is 4. The Morgan fingerprint density at radius 1 is 1.20 bits per heavy atom. The Balaban J connectivity index is 1.40. The summed E-state index contributed by atoms with van der Waals surface area (Å²) in [7, 11) is 0. The van der Waals surface area contributed by atoms with Crippen LogP contribution in [0.2, 0.25) is 0 Å². The summed E-state index contributed by atoms with van der Waals surface area (Å²) in [6.07, 6.45) is 3.29. The van der Waals surface area contributed by atoms with E-state index in [4.69, 9.17) is 5.26 Å². The van der Waals surface area contributed by atoms with Crippen molar-refractivity contribution in [1.29, 1.82) is 5.26 Å². The van der Waals surface area contributed by atoms with Gasteiger partial charge < -0.3 is 10.2 Å². The first kappa shape index (κ1) is 22.7. The highest BCUT2D eigenvalue weighted by atomic mass is 19.3. The van der Waals surface area contributed by atoms with Crippen molar-refractivity contribution in [3.05, 3.63) is 77.1 Å². The number of fused-ring (bicyclic) bond motifs is 1. The highest BCUT2D eigenvalue weighted by Gasteiger charge is 2.44. The zero-order chi connectivity index (χ0) is 24.7. The fourth-order valence-corrected chi connectivity index (χ4v) is 4.63. The molecule has 2 amide bonds. The lowest BCUT2D eigenvalue weighted by atomic mass is 9.78.